The Balaban J connectivity index is 2.11. The molecule has 0 atom stereocenters. The fourth-order valence-corrected chi connectivity index (χ4v) is 2.56. The highest BCUT2D eigenvalue weighted by atomic mass is 16.5. The summed E-state index contributed by atoms with van der Waals surface area (Å²) in [6.07, 6.45) is 4.17. The van der Waals surface area contributed by atoms with E-state index in [4.69, 9.17) is 23.7 Å². The van der Waals surface area contributed by atoms with Crippen LogP contribution in [0.1, 0.15) is 29.3 Å². The second kappa shape index (κ2) is 11.8. The van der Waals surface area contributed by atoms with Gasteiger partial charge in [0, 0.05) is 12.7 Å². The van der Waals surface area contributed by atoms with Crippen LogP contribution < -0.4 is 18.9 Å². The van der Waals surface area contributed by atoms with Gasteiger partial charge in [0.25, 0.3) is 0 Å². The van der Waals surface area contributed by atoms with Gasteiger partial charge in [-0.25, -0.2) is 0 Å². The third-order valence-corrected chi connectivity index (χ3v) is 4.07. The molecule has 6 heteroatoms. The normalized spacial score (nSPS) is 10.8. The van der Waals surface area contributed by atoms with Crippen LogP contribution in [0.2, 0.25) is 0 Å². The van der Waals surface area contributed by atoms with Crippen LogP contribution in [-0.4, -0.2) is 46.9 Å². The summed E-state index contributed by atoms with van der Waals surface area (Å²) in [6.45, 7) is 3.54. The Labute approximate surface area is 172 Å². The zero-order valence-corrected chi connectivity index (χ0v) is 17.4. The lowest BCUT2D eigenvalue weighted by Crippen LogP contribution is -2.06. The highest BCUT2D eigenvalue weighted by molar-refractivity contribution is 6.07. The van der Waals surface area contributed by atoms with Gasteiger partial charge in [0.05, 0.1) is 27.4 Å². The van der Waals surface area contributed by atoms with Gasteiger partial charge in [-0.2, -0.15) is 0 Å². The van der Waals surface area contributed by atoms with Crippen LogP contribution in [-0.2, 0) is 4.74 Å². The van der Waals surface area contributed by atoms with E-state index in [9.17, 15) is 4.79 Å². The number of carbonyl (C=O) groups excluding carboxylic acids is 1. The summed E-state index contributed by atoms with van der Waals surface area (Å²) in [5.41, 5.74) is 1.34. The SMILES string of the molecule is CCCOc1ccc(/C=C/C(=O)c2ccc(OCCOC)c(OC)c2)cc1OC. The molecule has 0 saturated heterocycles. The molecular formula is C23H28O6. The van der Waals surface area contributed by atoms with Crippen LogP contribution in [0, 0.1) is 0 Å². The lowest BCUT2D eigenvalue weighted by molar-refractivity contribution is 0.104. The van der Waals surface area contributed by atoms with E-state index in [1.54, 1.807) is 38.5 Å². The molecular weight excluding hydrogens is 372 g/mol. The Morgan fingerprint density at radius 1 is 0.828 bits per heavy atom. The Hall–Kier alpha value is -2.99. The first-order valence-corrected chi connectivity index (χ1v) is 9.46. The molecule has 0 fully saturated rings. The molecule has 2 aromatic carbocycles. The van der Waals surface area contributed by atoms with Crippen LogP contribution >= 0.6 is 0 Å². The maximum atomic E-state index is 12.6. The number of hydrogen-bond acceptors (Lipinski definition) is 6. The van der Waals surface area contributed by atoms with Crippen molar-refractivity contribution in [1.29, 1.82) is 0 Å². The van der Waals surface area contributed by atoms with E-state index in [1.807, 2.05) is 25.1 Å². The van der Waals surface area contributed by atoms with Crippen molar-refractivity contribution >= 4 is 11.9 Å². The zero-order valence-electron chi connectivity index (χ0n) is 17.4. The number of ether oxygens (including phenoxy) is 5. The van der Waals surface area contributed by atoms with E-state index >= 15 is 0 Å². The Kier molecular flexibility index (Phi) is 9.05. The van der Waals surface area contributed by atoms with Crippen molar-refractivity contribution in [3.8, 4) is 23.0 Å². The van der Waals surface area contributed by atoms with Crippen molar-refractivity contribution in [3.63, 3.8) is 0 Å². The van der Waals surface area contributed by atoms with Gasteiger partial charge >= 0.3 is 0 Å². The Morgan fingerprint density at radius 2 is 1.48 bits per heavy atom. The number of allylic oxidation sites excluding steroid dienone is 1. The van der Waals surface area contributed by atoms with E-state index in [2.05, 4.69) is 0 Å². The first-order chi connectivity index (χ1) is 14.1. The van der Waals surface area contributed by atoms with Crippen LogP contribution in [0.15, 0.2) is 42.5 Å². The summed E-state index contributed by atoms with van der Waals surface area (Å²) in [5.74, 6) is 2.24. The summed E-state index contributed by atoms with van der Waals surface area (Å²) in [7, 11) is 4.74. The molecule has 0 amide bonds. The number of carbonyl (C=O) groups is 1. The van der Waals surface area contributed by atoms with Crippen molar-refractivity contribution in [1.82, 2.24) is 0 Å². The standard InChI is InChI=1S/C23H28O6/c1-5-12-28-20-10-7-17(15-22(20)26-3)6-9-19(24)18-8-11-21(23(16-18)27-4)29-14-13-25-2/h6-11,15-16H,5,12-14H2,1-4H3/b9-6+. The minimum Gasteiger partial charge on any atom is -0.493 e. The molecule has 0 aliphatic heterocycles. The summed E-state index contributed by atoms with van der Waals surface area (Å²) in [5, 5.41) is 0. The lowest BCUT2D eigenvalue weighted by atomic mass is 10.1. The van der Waals surface area contributed by atoms with Crippen molar-refractivity contribution in [2.45, 2.75) is 13.3 Å². The quantitative estimate of drug-likeness (QED) is 0.299. The van der Waals surface area contributed by atoms with Crippen LogP contribution in [0.5, 0.6) is 23.0 Å². The molecule has 0 aliphatic carbocycles. The fraction of sp³-hybridized carbons (Fsp3) is 0.348. The molecule has 2 aromatic rings. The van der Waals surface area contributed by atoms with Gasteiger partial charge in [0.2, 0.25) is 0 Å². The van der Waals surface area contributed by atoms with Gasteiger partial charge in [-0.15, -0.1) is 0 Å². The average Bonchev–Trinajstić information content (AvgIpc) is 2.76. The molecule has 0 radical (unpaired) electrons. The van der Waals surface area contributed by atoms with Gasteiger partial charge in [-0.1, -0.05) is 19.1 Å². The summed E-state index contributed by atoms with van der Waals surface area (Å²) >= 11 is 0. The molecule has 0 heterocycles. The maximum Gasteiger partial charge on any atom is 0.185 e. The molecule has 2 rings (SSSR count). The predicted octanol–water partition coefficient (Wildman–Crippen LogP) is 4.41. The van der Waals surface area contributed by atoms with Gasteiger partial charge in [0.1, 0.15) is 6.61 Å². The number of rotatable bonds is 12. The molecule has 29 heavy (non-hydrogen) atoms. The lowest BCUT2D eigenvalue weighted by Gasteiger charge is -2.11. The van der Waals surface area contributed by atoms with Crippen molar-refractivity contribution in [3.05, 3.63) is 53.6 Å². The monoisotopic (exact) mass is 400 g/mol. The van der Waals surface area contributed by atoms with Gasteiger partial charge in [-0.05, 0) is 48.4 Å². The Bertz CT molecular complexity index is 828. The van der Waals surface area contributed by atoms with Gasteiger partial charge in [0.15, 0.2) is 28.8 Å². The highest BCUT2D eigenvalue weighted by Crippen LogP contribution is 2.30. The first kappa shape index (κ1) is 22.3. The van der Waals surface area contributed by atoms with E-state index in [0.29, 0.717) is 48.4 Å². The summed E-state index contributed by atoms with van der Waals surface area (Å²) < 4.78 is 26.9. The second-order valence-electron chi connectivity index (χ2n) is 6.16. The molecule has 0 spiro atoms. The maximum absolute atomic E-state index is 12.6. The fourth-order valence-electron chi connectivity index (χ4n) is 2.56. The number of ketones is 1. The van der Waals surface area contributed by atoms with Gasteiger partial charge < -0.3 is 23.7 Å². The van der Waals surface area contributed by atoms with Crippen LogP contribution in [0.4, 0.5) is 0 Å². The van der Waals surface area contributed by atoms with E-state index in [1.165, 1.54) is 13.2 Å². The minimum absolute atomic E-state index is 0.142. The molecule has 0 saturated carbocycles. The largest absolute Gasteiger partial charge is 0.493 e. The summed E-state index contributed by atoms with van der Waals surface area (Å²) in [4.78, 5) is 12.6. The predicted molar refractivity (Wildman–Crippen MR) is 113 cm³/mol. The molecule has 0 aromatic heterocycles. The van der Waals surface area contributed by atoms with Crippen molar-refractivity contribution in [2.24, 2.45) is 0 Å². The van der Waals surface area contributed by atoms with Gasteiger partial charge in [-0.3, -0.25) is 4.79 Å². The molecule has 6 nitrogen and oxygen atoms in total. The second-order valence-corrected chi connectivity index (χ2v) is 6.16. The minimum atomic E-state index is -0.142. The third-order valence-electron chi connectivity index (χ3n) is 4.07. The smallest absolute Gasteiger partial charge is 0.185 e. The van der Waals surface area contributed by atoms with Crippen molar-refractivity contribution < 1.29 is 28.5 Å². The molecule has 156 valence electrons. The van der Waals surface area contributed by atoms with Crippen LogP contribution in [0.25, 0.3) is 6.08 Å². The number of hydrogen-bond donors (Lipinski definition) is 0. The molecule has 0 N–H and O–H groups in total. The van der Waals surface area contributed by atoms with Crippen LogP contribution in [0.3, 0.4) is 0 Å². The average molecular weight is 400 g/mol. The highest BCUT2D eigenvalue weighted by Gasteiger charge is 2.10. The van der Waals surface area contributed by atoms with E-state index in [0.717, 1.165) is 12.0 Å². The zero-order chi connectivity index (χ0) is 21.1. The third kappa shape index (κ3) is 6.54. The summed E-state index contributed by atoms with van der Waals surface area (Å²) in [6, 6.07) is 10.6. The topological polar surface area (TPSA) is 63.2 Å². The number of benzene rings is 2. The number of methoxy groups -OCH3 is 3. The molecule has 0 bridgehead atoms. The van der Waals surface area contributed by atoms with Crippen molar-refractivity contribution in [2.75, 3.05) is 41.2 Å². The van der Waals surface area contributed by atoms with E-state index in [-0.39, 0.29) is 5.78 Å². The first-order valence-electron chi connectivity index (χ1n) is 9.46. The Morgan fingerprint density at radius 3 is 2.14 bits per heavy atom. The van der Waals surface area contributed by atoms with E-state index < -0.39 is 0 Å². The molecule has 0 unspecified atom stereocenters. The molecule has 0 aliphatic rings.